The van der Waals surface area contributed by atoms with Crippen molar-refractivity contribution < 1.29 is 14.6 Å². The molecule has 0 aliphatic heterocycles. The van der Waals surface area contributed by atoms with E-state index in [4.69, 9.17) is 21.4 Å². The van der Waals surface area contributed by atoms with Crippen LogP contribution in [0.3, 0.4) is 0 Å². The van der Waals surface area contributed by atoms with E-state index in [1.54, 1.807) is 20.1 Å². The second-order valence-electron chi connectivity index (χ2n) is 5.26. The Morgan fingerprint density at radius 3 is 2.45 bits per heavy atom. The van der Waals surface area contributed by atoms with Gasteiger partial charge in [-0.05, 0) is 32.4 Å². The Morgan fingerprint density at radius 1 is 1.40 bits per heavy atom. The van der Waals surface area contributed by atoms with Gasteiger partial charge >= 0.3 is 5.97 Å². The van der Waals surface area contributed by atoms with E-state index < -0.39 is 11.9 Å². The predicted molar refractivity (Wildman–Crippen MR) is 82.0 cm³/mol. The minimum atomic E-state index is -0.805. The summed E-state index contributed by atoms with van der Waals surface area (Å²) in [6, 6.07) is 3.87. The second-order valence-corrected chi connectivity index (χ2v) is 5.67. The van der Waals surface area contributed by atoms with E-state index in [-0.39, 0.29) is 6.04 Å². The molecule has 0 heterocycles. The van der Waals surface area contributed by atoms with E-state index in [2.05, 4.69) is 0 Å². The molecule has 0 saturated carbocycles. The molecule has 1 rings (SSSR count). The highest BCUT2D eigenvalue weighted by Gasteiger charge is 2.22. The largest absolute Gasteiger partial charge is 0.495 e. The third-order valence-electron chi connectivity index (χ3n) is 3.29. The van der Waals surface area contributed by atoms with Gasteiger partial charge in [0, 0.05) is 23.7 Å². The number of ether oxygens (including phenoxy) is 1. The fourth-order valence-corrected chi connectivity index (χ4v) is 2.15. The maximum Gasteiger partial charge on any atom is 0.308 e. The van der Waals surface area contributed by atoms with Crippen LogP contribution in [0.4, 0.5) is 5.69 Å². The van der Waals surface area contributed by atoms with Gasteiger partial charge in [-0.3, -0.25) is 4.79 Å². The molecule has 0 fully saturated rings. The Balaban J connectivity index is 3.21. The molecule has 0 spiro atoms. The fraction of sp³-hybridized carbons (Fsp3) is 0.533. The minimum Gasteiger partial charge on any atom is -0.495 e. The average Bonchev–Trinajstić information content (AvgIpc) is 2.37. The number of hydrogen-bond donors (Lipinski definition) is 1. The number of carboxylic acid groups (broad SMARTS) is 1. The molecule has 0 bridgehead atoms. The van der Waals surface area contributed by atoms with Gasteiger partial charge < -0.3 is 14.7 Å². The molecule has 20 heavy (non-hydrogen) atoms. The van der Waals surface area contributed by atoms with Crippen LogP contribution in [0.2, 0.25) is 5.02 Å². The van der Waals surface area contributed by atoms with E-state index >= 15 is 0 Å². The molecule has 1 aromatic rings. The lowest BCUT2D eigenvalue weighted by Gasteiger charge is -2.32. The van der Waals surface area contributed by atoms with Gasteiger partial charge in [0.15, 0.2) is 0 Å². The molecule has 0 radical (unpaired) electrons. The van der Waals surface area contributed by atoms with Gasteiger partial charge in [0.1, 0.15) is 5.75 Å². The molecule has 5 heteroatoms. The molecular weight excluding hydrogens is 278 g/mol. The van der Waals surface area contributed by atoms with Crippen LogP contribution in [0.15, 0.2) is 12.1 Å². The fourth-order valence-electron chi connectivity index (χ4n) is 2.00. The Labute approximate surface area is 125 Å². The maximum absolute atomic E-state index is 11.1. The summed E-state index contributed by atoms with van der Waals surface area (Å²) in [6.45, 7) is 8.09. The molecule has 1 N–H and O–H groups in total. The molecule has 0 aromatic heterocycles. The molecule has 0 aliphatic carbocycles. The number of hydrogen-bond acceptors (Lipinski definition) is 3. The third-order valence-corrected chi connectivity index (χ3v) is 3.69. The summed E-state index contributed by atoms with van der Waals surface area (Å²) in [7, 11) is 1.59. The molecule has 0 saturated heterocycles. The maximum atomic E-state index is 11.1. The molecule has 0 amide bonds. The van der Waals surface area contributed by atoms with Gasteiger partial charge in [0.2, 0.25) is 0 Å². The number of halogens is 1. The molecule has 1 atom stereocenters. The van der Waals surface area contributed by atoms with Crippen LogP contribution < -0.4 is 9.64 Å². The number of carbonyl (C=O) groups is 1. The third kappa shape index (κ3) is 3.79. The number of carboxylic acids is 1. The number of anilines is 1. The topological polar surface area (TPSA) is 49.8 Å². The smallest absolute Gasteiger partial charge is 0.308 e. The lowest BCUT2D eigenvalue weighted by molar-refractivity contribution is -0.140. The first-order valence-electron chi connectivity index (χ1n) is 6.61. The highest BCUT2D eigenvalue weighted by molar-refractivity contribution is 6.31. The lowest BCUT2D eigenvalue weighted by Crippen LogP contribution is -2.37. The van der Waals surface area contributed by atoms with Crippen LogP contribution in [-0.2, 0) is 4.79 Å². The van der Waals surface area contributed by atoms with Crippen molar-refractivity contribution in [3.05, 3.63) is 22.7 Å². The second kappa shape index (κ2) is 6.84. The van der Waals surface area contributed by atoms with Crippen LogP contribution in [0, 0.1) is 12.8 Å². The van der Waals surface area contributed by atoms with Gasteiger partial charge in [-0.1, -0.05) is 18.5 Å². The van der Waals surface area contributed by atoms with Gasteiger partial charge in [-0.25, -0.2) is 0 Å². The van der Waals surface area contributed by atoms with Gasteiger partial charge in [-0.2, -0.15) is 0 Å². The molecule has 1 aromatic carbocycles. The Kier molecular flexibility index (Phi) is 5.69. The van der Waals surface area contributed by atoms with Crippen LogP contribution in [0.1, 0.15) is 26.3 Å². The van der Waals surface area contributed by atoms with Gasteiger partial charge in [0.25, 0.3) is 0 Å². The molecule has 1 unspecified atom stereocenters. The first-order chi connectivity index (χ1) is 9.27. The van der Waals surface area contributed by atoms with Crippen molar-refractivity contribution in [3.8, 4) is 5.75 Å². The van der Waals surface area contributed by atoms with Crippen molar-refractivity contribution in [2.45, 2.75) is 33.7 Å². The van der Waals surface area contributed by atoms with Crippen LogP contribution in [-0.4, -0.2) is 30.8 Å². The SMILES string of the molecule is COc1cc(Cl)c(C)cc1N(CC(C)C(=O)O)C(C)C. The van der Waals surface area contributed by atoms with E-state index in [1.165, 1.54) is 0 Å². The van der Waals surface area contributed by atoms with Crippen molar-refractivity contribution in [3.63, 3.8) is 0 Å². The zero-order chi connectivity index (χ0) is 15.4. The summed E-state index contributed by atoms with van der Waals surface area (Å²) in [5.74, 6) is -0.606. The Hall–Kier alpha value is -1.42. The number of aliphatic carboxylic acids is 1. The highest BCUT2D eigenvalue weighted by atomic mass is 35.5. The van der Waals surface area contributed by atoms with E-state index in [1.807, 2.05) is 31.7 Å². The minimum absolute atomic E-state index is 0.159. The van der Waals surface area contributed by atoms with Crippen molar-refractivity contribution in [2.24, 2.45) is 5.92 Å². The number of benzene rings is 1. The average molecular weight is 300 g/mol. The zero-order valence-corrected chi connectivity index (χ0v) is 13.4. The monoisotopic (exact) mass is 299 g/mol. The summed E-state index contributed by atoms with van der Waals surface area (Å²) in [5.41, 5.74) is 1.81. The molecule has 112 valence electrons. The van der Waals surface area contributed by atoms with Crippen LogP contribution >= 0.6 is 11.6 Å². The molecule has 4 nitrogen and oxygen atoms in total. The molecular formula is C15H22ClNO3. The first kappa shape index (κ1) is 16.6. The normalized spacial score (nSPS) is 12.3. The van der Waals surface area contributed by atoms with Crippen LogP contribution in [0.5, 0.6) is 5.75 Å². The number of rotatable bonds is 6. The van der Waals surface area contributed by atoms with E-state index in [0.29, 0.717) is 17.3 Å². The summed E-state index contributed by atoms with van der Waals surface area (Å²) in [4.78, 5) is 13.1. The number of methoxy groups -OCH3 is 1. The Morgan fingerprint density at radius 2 is 2.00 bits per heavy atom. The summed E-state index contributed by atoms with van der Waals surface area (Å²) in [5, 5.41) is 9.75. The lowest BCUT2D eigenvalue weighted by atomic mass is 10.1. The van der Waals surface area contributed by atoms with Gasteiger partial charge in [0.05, 0.1) is 18.7 Å². The quantitative estimate of drug-likeness (QED) is 0.872. The first-order valence-corrected chi connectivity index (χ1v) is 6.99. The van der Waals surface area contributed by atoms with Gasteiger partial charge in [-0.15, -0.1) is 0 Å². The van der Waals surface area contributed by atoms with Crippen molar-refractivity contribution in [1.82, 2.24) is 0 Å². The predicted octanol–water partition coefficient (Wildman–Crippen LogP) is 3.59. The van der Waals surface area contributed by atoms with Crippen molar-refractivity contribution in [2.75, 3.05) is 18.6 Å². The van der Waals surface area contributed by atoms with Crippen molar-refractivity contribution >= 4 is 23.3 Å². The standard InChI is InChI=1S/C15H22ClNO3/c1-9(2)17(8-11(4)15(18)19)13-6-10(3)12(16)7-14(13)20-5/h6-7,9,11H,8H2,1-5H3,(H,18,19). The summed E-state index contributed by atoms with van der Waals surface area (Å²) >= 11 is 6.11. The van der Waals surface area contributed by atoms with Crippen LogP contribution in [0.25, 0.3) is 0 Å². The summed E-state index contributed by atoms with van der Waals surface area (Å²) < 4.78 is 5.38. The van der Waals surface area contributed by atoms with E-state index in [0.717, 1.165) is 11.3 Å². The number of nitrogens with zero attached hydrogens (tertiary/aromatic N) is 1. The Bertz CT molecular complexity index is 488. The zero-order valence-electron chi connectivity index (χ0n) is 12.6. The molecule has 0 aliphatic rings. The van der Waals surface area contributed by atoms with E-state index in [9.17, 15) is 4.79 Å². The summed E-state index contributed by atoms with van der Waals surface area (Å²) in [6.07, 6.45) is 0. The van der Waals surface area contributed by atoms with Crippen molar-refractivity contribution in [1.29, 1.82) is 0 Å². The number of aryl methyl sites for hydroxylation is 1. The highest BCUT2D eigenvalue weighted by Crippen LogP contribution is 2.35.